The van der Waals surface area contributed by atoms with Gasteiger partial charge in [0.2, 0.25) is 5.91 Å². The summed E-state index contributed by atoms with van der Waals surface area (Å²) < 4.78 is 12.8. The molecule has 1 aliphatic heterocycles. The number of ether oxygens (including phenoxy) is 2. The maximum atomic E-state index is 12.2. The monoisotopic (exact) mass is 361 g/mol. The number of nitrogens with zero attached hydrogens (tertiary/aromatic N) is 2. The van der Waals surface area contributed by atoms with Crippen LogP contribution in [0, 0.1) is 0 Å². The zero-order valence-corrected chi connectivity index (χ0v) is 14.7. The van der Waals surface area contributed by atoms with Gasteiger partial charge in [-0.05, 0) is 29.3 Å². The SMILES string of the molecule is O=C(/C=C/c1ccc2c(c1)OCCO2)Nc1cnn(Cc2ccccc2)c1. The fourth-order valence-electron chi connectivity index (χ4n) is 2.80. The number of carbonyl (C=O) groups excluding carboxylic acids is 1. The highest BCUT2D eigenvalue weighted by molar-refractivity contribution is 6.01. The number of aromatic nitrogens is 2. The van der Waals surface area contributed by atoms with Crippen molar-refractivity contribution in [3.05, 3.63) is 78.1 Å². The maximum Gasteiger partial charge on any atom is 0.248 e. The van der Waals surface area contributed by atoms with Crippen LogP contribution in [0.25, 0.3) is 6.08 Å². The molecule has 2 heterocycles. The van der Waals surface area contributed by atoms with Gasteiger partial charge in [-0.2, -0.15) is 5.10 Å². The third-order valence-electron chi connectivity index (χ3n) is 4.08. The second kappa shape index (κ2) is 7.78. The number of hydrogen-bond acceptors (Lipinski definition) is 4. The van der Waals surface area contributed by atoms with Crippen LogP contribution in [-0.2, 0) is 11.3 Å². The van der Waals surface area contributed by atoms with E-state index in [0.29, 0.717) is 31.2 Å². The quantitative estimate of drug-likeness (QED) is 0.708. The molecule has 0 radical (unpaired) electrons. The zero-order chi connectivity index (χ0) is 18.5. The lowest BCUT2D eigenvalue weighted by Gasteiger charge is -2.18. The predicted octanol–water partition coefficient (Wildman–Crippen LogP) is 3.35. The second-order valence-electron chi connectivity index (χ2n) is 6.14. The number of anilines is 1. The molecule has 0 atom stereocenters. The summed E-state index contributed by atoms with van der Waals surface area (Å²) >= 11 is 0. The Morgan fingerprint density at radius 3 is 2.78 bits per heavy atom. The van der Waals surface area contributed by atoms with E-state index in [1.54, 1.807) is 17.0 Å². The number of fused-ring (bicyclic) bond motifs is 1. The molecule has 3 aromatic rings. The molecule has 4 rings (SSSR count). The Balaban J connectivity index is 1.36. The molecule has 27 heavy (non-hydrogen) atoms. The molecule has 0 aliphatic carbocycles. The van der Waals surface area contributed by atoms with Crippen LogP contribution in [0.5, 0.6) is 11.5 Å². The summed E-state index contributed by atoms with van der Waals surface area (Å²) in [7, 11) is 0. The molecule has 0 unspecified atom stereocenters. The number of benzene rings is 2. The van der Waals surface area contributed by atoms with Crippen molar-refractivity contribution in [1.82, 2.24) is 9.78 Å². The molecule has 2 aromatic carbocycles. The van der Waals surface area contributed by atoms with E-state index in [2.05, 4.69) is 10.4 Å². The van der Waals surface area contributed by atoms with Crippen LogP contribution in [-0.4, -0.2) is 28.9 Å². The third kappa shape index (κ3) is 4.36. The highest BCUT2D eigenvalue weighted by Crippen LogP contribution is 2.31. The van der Waals surface area contributed by atoms with Gasteiger partial charge < -0.3 is 14.8 Å². The van der Waals surface area contributed by atoms with Crippen molar-refractivity contribution in [1.29, 1.82) is 0 Å². The third-order valence-corrected chi connectivity index (χ3v) is 4.08. The Morgan fingerprint density at radius 2 is 1.93 bits per heavy atom. The molecule has 0 bridgehead atoms. The molecule has 0 saturated carbocycles. The number of amides is 1. The predicted molar refractivity (Wildman–Crippen MR) is 103 cm³/mol. The maximum absolute atomic E-state index is 12.2. The van der Waals surface area contributed by atoms with Crippen molar-refractivity contribution in [3.63, 3.8) is 0 Å². The molecule has 0 fully saturated rings. The summed E-state index contributed by atoms with van der Waals surface area (Å²) in [6.07, 6.45) is 6.67. The normalized spacial score (nSPS) is 12.9. The lowest BCUT2D eigenvalue weighted by atomic mass is 10.2. The van der Waals surface area contributed by atoms with E-state index in [1.165, 1.54) is 6.08 Å². The summed E-state index contributed by atoms with van der Waals surface area (Å²) in [6.45, 7) is 1.75. The molecular weight excluding hydrogens is 342 g/mol. The Hall–Kier alpha value is -3.54. The van der Waals surface area contributed by atoms with E-state index in [4.69, 9.17) is 9.47 Å². The van der Waals surface area contributed by atoms with Gasteiger partial charge in [0, 0.05) is 12.3 Å². The zero-order valence-electron chi connectivity index (χ0n) is 14.7. The lowest BCUT2D eigenvalue weighted by Crippen LogP contribution is -2.15. The number of carbonyl (C=O) groups is 1. The molecule has 6 heteroatoms. The minimum absolute atomic E-state index is 0.218. The first-order chi connectivity index (χ1) is 13.3. The smallest absolute Gasteiger partial charge is 0.248 e. The van der Waals surface area contributed by atoms with Crippen molar-refractivity contribution in [2.24, 2.45) is 0 Å². The minimum atomic E-state index is -0.218. The van der Waals surface area contributed by atoms with Gasteiger partial charge >= 0.3 is 0 Å². The second-order valence-corrected chi connectivity index (χ2v) is 6.14. The van der Waals surface area contributed by atoms with Gasteiger partial charge in [-0.25, -0.2) is 0 Å². The Morgan fingerprint density at radius 1 is 1.11 bits per heavy atom. The van der Waals surface area contributed by atoms with E-state index in [9.17, 15) is 4.79 Å². The van der Waals surface area contributed by atoms with Gasteiger partial charge in [0.05, 0.1) is 18.4 Å². The van der Waals surface area contributed by atoms with Crippen LogP contribution in [0.15, 0.2) is 67.0 Å². The molecule has 1 aromatic heterocycles. The van der Waals surface area contributed by atoms with E-state index < -0.39 is 0 Å². The molecule has 1 amide bonds. The van der Waals surface area contributed by atoms with Gasteiger partial charge in [-0.15, -0.1) is 0 Å². The Bertz CT molecular complexity index is 964. The van der Waals surface area contributed by atoms with Crippen molar-refractivity contribution < 1.29 is 14.3 Å². The van der Waals surface area contributed by atoms with Crippen LogP contribution < -0.4 is 14.8 Å². The Labute approximate surface area is 157 Å². The highest BCUT2D eigenvalue weighted by Gasteiger charge is 2.11. The molecule has 0 spiro atoms. The number of hydrogen-bond donors (Lipinski definition) is 1. The first-order valence-corrected chi connectivity index (χ1v) is 8.71. The number of nitrogens with one attached hydrogen (secondary N) is 1. The largest absolute Gasteiger partial charge is 0.486 e. The summed E-state index contributed by atoms with van der Waals surface area (Å²) in [5.74, 6) is 1.21. The average molecular weight is 361 g/mol. The van der Waals surface area contributed by atoms with Crippen molar-refractivity contribution in [2.75, 3.05) is 18.5 Å². The lowest BCUT2D eigenvalue weighted by molar-refractivity contribution is -0.111. The van der Waals surface area contributed by atoms with E-state index in [-0.39, 0.29) is 5.91 Å². The molecule has 6 nitrogen and oxygen atoms in total. The fraction of sp³-hybridized carbons (Fsp3) is 0.143. The van der Waals surface area contributed by atoms with E-state index >= 15 is 0 Å². The van der Waals surface area contributed by atoms with Gasteiger partial charge in [-0.3, -0.25) is 9.48 Å². The van der Waals surface area contributed by atoms with Crippen molar-refractivity contribution >= 4 is 17.7 Å². The van der Waals surface area contributed by atoms with Gasteiger partial charge in [0.1, 0.15) is 13.2 Å². The van der Waals surface area contributed by atoms with Gasteiger partial charge in [0.25, 0.3) is 0 Å². The summed E-state index contributed by atoms with van der Waals surface area (Å²) in [6, 6.07) is 15.6. The standard InChI is InChI=1S/C21H19N3O3/c25-21(9-7-16-6-8-19-20(12-16)27-11-10-26-19)23-18-13-22-24(15-18)14-17-4-2-1-3-5-17/h1-9,12-13,15H,10-11,14H2,(H,23,25)/b9-7+. The van der Waals surface area contributed by atoms with E-state index in [0.717, 1.165) is 16.9 Å². The summed E-state index contributed by atoms with van der Waals surface area (Å²) in [4.78, 5) is 12.2. The molecular formula is C21H19N3O3. The number of rotatable bonds is 5. The summed E-state index contributed by atoms with van der Waals surface area (Å²) in [5.41, 5.74) is 2.67. The van der Waals surface area contributed by atoms with E-state index in [1.807, 2.05) is 54.7 Å². The van der Waals surface area contributed by atoms with Crippen molar-refractivity contribution in [2.45, 2.75) is 6.54 Å². The summed E-state index contributed by atoms with van der Waals surface area (Å²) in [5, 5.41) is 7.09. The topological polar surface area (TPSA) is 65.4 Å². The Kier molecular flexibility index (Phi) is 4.87. The molecule has 0 saturated heterocycles. The van der Waals surface area contributed by atoms with Crippen LogP contribution in [0.1, 0.15) is 11.1 Å². The van der Waals surface area contributed by atoms with Crippen LogP contribution in [0.3, 0.4) is 0 Å². The van der Waals surface area contributed by atoms with Crippen LogP contribution in [0.4, 0.5) is 5.69 Å². The van der Waals surface area contributed by atoms with Crippen LogP contribution in [0.2, 0.25) is 0 Å². The first kappa shape index (κ1) is 16.9. The van der Waals surface area contributed by atoms with Crippen molar-refractivity contribution in [3.8, 4) is 11.5 Å². The van der Waals surface area contributed by atoms with Crippen LogP contribution >= 0.6 is 0 Å². The highest BCUT2D eigenvalue weighted by atomic mass is 16.6. The molecule has 1 N–H and O–H groups in total. The molecule has 136 valence electrons. The fourth-order valence-corrected chi connectivity index (χ4v) is 2.80. The molecule has 1 aliphatic rings. The minimum Gasteiger partial charge on any atom is -0.486 e. The van der Waals surface area contributed by atoms with Gasteiger partial charge in [-0.1, -0.05) is 36.4 Å². The average Bonchev–Trinajstić information content (AvgIpc) is 3.13. The van der Waals surface area contributed by atoms with Gasteiger partial charge in [0.15, 0.2) is 11.5 Å². The first-order valence-electron chi connectivity index (χ1n) is 8.71.